The Bertz CT molecular complexity index is 1090. The van der Waals surface area contributed by atoms with Gasteiger partial charge in [0.15, 0.2) is 0 Å². The Morgan fingerprint density at radius 2 is 2.00 bits per heavy atom. The molecule has 0 spiro atoms. The van der Waals surface area contributed by atoms with Gasteiger partial charge in [-0.1, -0.05) is 6.58 Å². The highest BCUT2D eigenvalue weighted by Crippen LogP contribution is 2.30. The third-order valence-corrected chi connectivity index (χ3v) is 6.11. The largest absolute Gasteiger partial charge is 0.508 e. The summed E-state index contributed by atoms with van der Waals surface area (Å²) < 4.78 is 26.0. The summed E-state index contributed by atoms with van der Waals surface area (Å²) in [5.74, 6) is 1.22. The Balaban J connectivity index is 1.82. The van der Waals surface area contributed by atoms with Gasteiger partial charge in [0.2, 0.25) is 10.0 Å². The molecule has 158 valence electrons. The number of amidine groups is 1. The molecule has 1 aliphatic heterocycles. The number of benzene rings is 2. The molecule has 0 saturated heterocycles. The molecular weight excluding hydrogens is 402 g/mol. The molecular formula is C21H25N5O3S. The van der Waals surface area contributed by atoms with E-state index in [0.29, 0.717) is 17.3 Å². The molecule has 0 aliphatic carbocycles. The van der Waals surface area contributed by atoms with Crippen molar-refractivity contribution in [2.45, 2.75) is 17.7 Å². The number of anilines is 2. The van der Waals surface area contributed by atoms with Crippen LogP contribution in [-0.4, -0.2) is 33.0 Å². The first-order valence-electron chi connectivity index (χ1n) is 9.40. The van der Waals surface area contributed by atoms with Gasteiger partial charge in [0.05, 0.1) is 4.90 Å². The third-order valence-electron chi connectivity index (χ3n) is 4.68. The van der Waals surface area contributed by atoms with E-state index < -0.39 is 10.0 Å². The number of aliphatic imine (C=N–C) groups is 1. The maximum absolute atomic E-state index is 11.8. The Labute approximate surface area is 176 Å². The van der Waals surface area contributed by atoms with E-state index in [-0.39, 0.29) is 10.6 Å². The van der Waals surface area contributed by atoms with E-state index in [0.717, 1.165) is 30.6 Å². The maximum atomic E-state index is 11.8. The molecule has 5 N–H and O–H groups in total. The second-order valence-corrected chi connectivity index (χ2v) is 8.59. The standard InChI is InChI=1S/C21H25N5O3S/c1-15(24-17-5-8-19(9-6-17)30(28,29)23-2)25-21(11-12-22)26-13-3-4-16-14-18(27)7-10-20(16)26/h5-12,14,23-24,27H,1,3-4,13,22H2,2H3/b12-11-,25-21+. The number of nitrogens with zero attached hydrogens (tertiary/aromatic N) is 2. The average molecular weight is 428 g/mol. The van der Waals surface area contributed by atoms with Crippen molar-refractivity contribution in [3.8, 4) is 5.75 Å². The van der Waals surface area contributed by atoms with Crippen molar-refractivity contribution in [3.05, 3.63) is 72.7 Å². The number of phenolic OH excluding ortho intramolecular Hbond substituents is 1. The number of rotatable bonds is 6. The summed E-state index contributed by atoms with van der Waals surface area (Å²) in [6.45, 7) is 4.71. The number of aryl methyl sites for hydroxylation is 1. The van der Waals surface area contributed by atoms with Crippen LogP contribution in [0.5, 0.6) is 5.75 Å². The molecule has 1 heterocycles. The molecule has 3 rings (SSSR count). The molecule has 0 atom stereocenters. The van der Waals surface area contributed by atoms with E-state index in [2.05, 4.69) is 21.6 Å². The molecule has 0 unspecified atom stereocenters. The quantitative estimate of drug-likeness (QED) is 0.415. The van der Waals surface area contributed by atoms with Crippen LogP contribution in [0, 0.1) is 0 Å². The first-order valence-corrected chi connectivity index (χ1v) is 10.9. The van der Waals surface area contributed by atoms with Crippen LogP contribution in [0.25, 0.3) is 0 Å². The summed E-state index contributed by atoms with van der Waals surface area (Å²) in [6.07, 6.45) is 4.89. The molecule has 0 saturated carbocycles. The maximum Gasteiger partial charge on any atom is 0.240 e. The number of fused-ring (bicyclic) bond motifs is 1. The van der Waals surface area contributed by atoms with Gasteiger partial charge in [-0.25, -0.2) is 18.1 Å². The minimum atomic E-state index is -3.49. The van der Waals surface area contributed by atoms with Gasteiger partial charge in [0.1, 0.15) is 17.4 Å². The van der Waals surface area contributed by atoms with Gasteiger partial charge in [-0.3, -0.25) is 0 Å². The van der Waals surface area contributed by atoms with Crippen molar-refractivity contribution in [3.63, 3.8) is 0 Å². The van der Waals surface area contributed by atoms with E-state index in [4.69, 9.17) is 5.73 Å². The lowest BCUT2D eigenvalue weighted by Crippen LogP contribution is -2.34. The third kappa shape index (κ3) is 4.81. The number of sulfonamides is 1. The fourth-order valence-electron chi connectivity index (χ4n) is 3.26. The Morgan fingerprint density at radius 3 is 2.67 bits per heavy atom. The summed E-state index contributed by atoms with van der Waals surface area (Å²) in [7, 11) is -2.13. The topological polar surface area (TPSA) is 120 Å². The number of nitrogens with two attached hydrogens (primary N) is 1. The number of hydrogen-bond donors (Lipinski definition) is 4. The number of aromatic hydroxyl groups is 1. The second kappa shape index (κ2) is 9.02. The van der Waals surface area contributed by atoms with Gasteiger partial charge in [0.25, 0.3) is 0 Å². The lowest BCUT2D eigenvalue weighted by atomic mass is 10.0. The second-order valence-electron chi connectivity index (χ2n) is 6.70. The van der Waals surface area contributed by atoms with Crippen molar-refractivity contribution in [1.82, 2.24) is 4.72 Å². The van der Waals surface area contributed by atoms with E-state index in [1.807, 2.05) is 11.0 Å². The predicted octanol–water partition coefficient (Wildman–Crippen LogP) is 2.51. The number of nitrogens with one attached hydrogen (secondary N) is 2. The van der Waals surface area contributed by atoms with E-state index >= 15 is 0 Å². The summed E-state index contributed by atoms with van der Waals surface area (Å²) in [5.41, 5.74) is 8.29. The molecule has 1 aliphatic rings. The molecule has 8 nitrogen and oxygen atoms in total. The van der Waals surface area contributed by atoms with Gasteiger partial charge in [-0.2, -0.15) is 0 Å². The van der Waals surface area contributed by atoms with Gasteiger partial charge in [-0.05, 0) is 80.2 Å². The Hall–Kier alpha value is -3.30. The molecule has 0 aromatic heterocycles. The normalized spacial score (nSPS) is 14.6. The molecule has 2 aromatic rings. The summed E-state index contributed by atoms with van der Waals surface area (Å²) in [4.78, 5) is 6.77. The lowest BCUT2D eigenvalue weighted by molar-refractivity contribution is 0.474. The van der Waals surface area contributed by atoms with E-state index in [1.54, 1.807) is 30.3 Å². The Morgan fingerprint density at radius 1 is 1.27 bits per heavy atom. The first-order chi connectivity index (χ1) is 14.3. The average Bonchev–Trinajstić information content (AvgIpc) is 2.73. The van der Waals surface area contributed by atoms with E-state index in [1.165, 1.54) is 25.4 Å². The zero-order valence-electron chi connectivity index (χ0n) is 16.7. The van der Waals surface area contributed by atoms with Gasteiger partial charge < -0.3 is 21.1 Å². The van der Waals surface area contributed by atoms with Crippen LogP contribution in [0.4, 0.5) is 11.4 Å². The van der Waals surface area contributed by atoms with Gasteiger partial charge >= 0.3 is 0 Å². The van der Waals surface area contributed by atoms with Crippen LogP contribution in [0.3, 0.4) is 0 Å². The number of phenols is 1. The monoisotopic (exact) mass is 427 g/mol. The minimum Gasteiger partial charge on any atom is -0.508 e. The smallest absolute Gasteiger partial charge is 0.240 e. The molecule has 9 heteroatoms. The molecule has 0 fully saturated rings. The SMILES string of the molecule is C=C(/N=C(\C=C/N)N1CCCc2cc(O)ccc21)Nc1ccc(S(=O)(=O)NC)cc1. The zero-order chi connectivity index (χ0) is 21.7. The predicted molar refractivity (Wildman–Crippen MR) is 120 cm³/mol. The van der Waals surface area contributed by atoms with Crippen molar-refractivity contribution in [2.24, 2.45) is 10.7 Å². The van der Waals surface area contributed by atoms with Crippen LogP contribution in [0.2, 0.25) is 0 Å². The summed E-state index contributed by atoms with van der Waals surface area (Å²) in [5, 5.41) is 12.8. The highest BCUT2D eigenvalue weighted by molar-refractivity contribution is 7.89. The summed E-state index contributed by atoms with van der Waals surface area (Å²) in [6, 6.07) is 11.6. The lowest BCUT2D eigenvalue weighted by Gasteiger charge is -2.31. The fourth-order valence-corrected chi connectivity index (χ4v) is 3.99. The Kier molecular flexibility index (Phi) is 6.43. The molecule has 0 radical (unpaired) electrons. The van der Waals surface area contributed by atoms with Crippen molar-refractivity contribution >= 4 is 27.2 Å². The number of hydrogen-bond acceptors (Lipinski definition) is 6. The van der Waals surface area contributed by atoms with Crippen LogP contribution in [-0.2, 0) is 16.4 Å². The minimum absolute atomic E-state index is 0.171. The molecule has 0 bridgehead atoms. The molecule has 0 amide bonds. The van der Waals surface area contributed by atoms with Crippen LogP contribution >= 0.6 is 0 Å². The van der Waals surface area contributed by atoms with Crippen LogP contribution < -0.4 is 20.7 Å². The molecule has 2 aromatic carbocycles. The van der Waals surface area contributed by atoms with Crippen LogP contribution in [0.1, 0.15) is 12.0 Å². The van der Waals surface area contributed by atoms with Crippen molar-refractivity contribution in [1.29, 1.82) is 0 Å². The van der Waals surface area contributed by atoms with Crippen LogP contribution in [0.15, 0.2) is 77.0 Å². The van der Waals surface area contributed by atoms with Gasteiger partial charge in [0, 0.05) is 17.9 Å². The van der Waals surface area contributed by atoms with Crippen molar-refractivity contribution in [2.75, 3.05) is 23.8 Å². The summed E-state index contributed by atoms with van der Waals surface area (Å²) >= 11 is 0. The van der Waals surface area contributed by atoms with E-state index in [9.17, 15) is 13.5 Å². The first kappa shape index (κ1) is 21.4. The van der Waals surface area contributed by atoms with Gasteiger partial charge in [-0.15, -0.1) is 0 Å². The zero-order valence-corrected chi connectivity index (χ0v) is 17.5. The highest BCUT2D eigenvalue weighted by atomic mass is 32.2. The van der Waals surface area contributed by atoms with Crippen molar-refractivity contribution < 1.29 is 13.5 Å². The molecule has 30 heavy (non-hydrogen) atoms. The fraction of sp³-hybridized carbons (Fsp3) is 0.190. The highest BCUT2D eigenvalue weighted by Gasteiger charge is 2.20.